The Morgan fingerprint density at radius 3 is 3.14 bits per heavy atom. The number of nitrogens with zero attached hydrogens (tertiary/aromatic N) is 3. The quantitative estimate of drug-likeness (QED) is 0.538. The van der Waals surface area contributed by atoms with E-state index in [1.165, 1.54) is 17.3 Å². The molecule has 74 valence electrons. The fraction of sp³-hybridized carbons (Fsp3) is 0.444. The Hall–Kier alpha value is -1.83. The average Bonchev–Trinajstić information content (AvgIpc) is 2.69. The van der Waals surface area contributed by atoms with E-state index in [4.69, 9.17) is 6.42 Å². The van der Waals surface area contributed by atoms with E-state index < -0.39 is 0 Å². The molecule has 1 rings (SSSR count). The molecule has 0 aliphatic heterocycles. The lowest BCUT2D eigenvalue weighted by Gasteiger charge is -2.10. The molecule has 0 fully saturated rings. The highest BCUT2D eigenvalue weighted by molar-refractivity contribution is 5.79. The van der Waals surface area contributed by atoms with Crippen molar-refractivity contribution in [2.24, 2.45) is 0 Å². The number of nitrogens with one attached hydrogen (secondary N) is 1. The second-order valence-electron chi connectivity index (χ2n) is 2.80. The third kappa shape index (κ3) is 2.59. The van der Waals surface area contributed by atoms with Crippen molar-refractivity contribution in [1.29, 1.82) is 0 Å². The van der Waals surface area contributed by atoms with E-state index in [2.05, 4.69) is 21.3 Å². The lowest BCUT2D eigenvalue weighted by Crippen LogP contribution is -2.31. The van der Waals surface area contributed by atoms with Crippen LogP contribution >= 0.6 is 0 Å². The number of carbonyl (C=O) groups excluding carboxylic acids is 1. The summed E-state index contributed by atoms with van der Waals surface area (Å²) in [5, 5.41) is 6.57. The Labute approximate surface area is 82.5 Å². The SMILES string of the molecule is C#CCCNC(=O)C(C)n1cncn1. The van der Waals surface area contributed by atoms with E-state index >= 15 is 0 Å². The maximum atomic E-state index is 11.4. The first-order valence-electron chi connectivity index (χ1n) is 4.31. The molecule has 5 nitrogen and oxygen atoms in total. The number of amides is 1. The summed E-state index contributed by atoms with van der Waals surface area (Å²) in [5.74, 6) is 2.34. The van der Waals surface area contributed by atoms with Crippen molar-refractivity contribution < 1.29 is 4.79 Å². The van der Waals surface area contributed by atoms with Gasteiger partial charge in [0.1, 0.15) is 18.7 Å². The molecule has 0 bridgehead atoms. The van der Waals surface area contributed by atoms with Crippen molar-refractivity contribution in [2.75, 3.05) is 6.54 Å². The molecule has 1 amide bonds. The number of hydrogen-bond donors (Lipinski definition) is 1. The molecule has 0 aromatic carbocycles. The van der Waals surface area contributed by atoms with E-state index in [-0.39, 0.29) is 11.9 Å². The van der Waals surface area contributed by atoms with E-state index in [1.807, 2.05) is 0 Å². The van der Waals surface area contributed by atoms with Crippen LogP contribution in [-0.4, -0.2) is 27.2 Å². The highest BCUT2D eigenvalue weighted by Gasteiger charge is 2.13. The van der Waals surface area contributed by atoms with Gasteiger partial charge in [0.15, 0.2) is 0 Å². The van der Waals surface area contributed by atoms with Crippen LogP contribution in [0.15, 0.2) is 12.7 Å². The second kappa shape index (κ2) is 5.02. The van der Waals surface area contributed by atoms with Gasteiger partial charge in [0, 0.05) is 13.0 Å². The summed E-state index contributed by atoms with van der Waals surface area (Å²) in [5.41, 5.74) is 0. The first kappa shape index (κ1) is 10.3. The van der Waals surface area contributed by atoms with Gasteiger partial charge in [-0.1, -0.05) is 0 Å². The van der Waals surface area contributed by atoms with Gasteiger partial charge in [-0.25, -0.2) is 9.67 Å². The fourth-order valence-corrected chi connectivity index (χ4v) is 0.943. The molecule has 0 radical (unpaired) electrons. The lowest BCUT2D eigenvalue weighted by molar-refractivity contribution is -0.124. The summed E-state index contributed by atoms with van der Waals surface area (Å²) in [6, 6.07) is -0.352. The van der Waals surface area contributed by atoms with Crippen molar-refractivity contribution in [1.82, 2.24) is 20.1 Å². The molecule has 0 saturated heterocycles. The highest BCUT2D eigenvalue weighted by Crippen LogP contribution is 2.00. The maximum Gasteiger partial charge on any atom is 0.244 e. The van der Waals surface area contributed by atoms with Gasteiger partial charge in [0.2, 0.25) is 5.91 Å². The molecule has 14 heavy (non-hydrogen) atoms. The molecule has 0 aliphatic carbocycles. The Balaban J connectivity index is 2.42. The summed E-state index contributed by atoms with van der Waals surface area (Å²) in [7, 11) is 0. The van der Waals surface area contributed by atoms with Gasteiger partial charge in [-0.2, -0.15) is 5.10 Å². The van der Waals surface area contributed by atoms with Gasteiger partial charge in [-0.3, -0.25) is 4.79 Å². The Bertz CT molecular complexity index is 325. The van der Waals surface area contributed by atoms with Gasteiger partial charge in [-0.15, -0.1) is 12.3 Å². The largest absolute Gasteiger partial charge is 0.353 e. The predicted octanol–water partition coefficient (Wildman–Crippen LogP) is -0.0214. The van der Waals surface area contributed by atoms with Crippen molar-refractivity contribution >= 4 is 5.91 Å². The summed E-state index contributed by atoms with van der Waals surface area (Å²) in [6.45, 7) is 2.24. The van der Waals surface area contributed by atoms with Crippen LogP contribution in [0, 0.1) is 12.3 Å². The van der Waals surface area contributed by atoms with Crippen molar-refractivity contribution in [3.8, 4) is 12.3 Å². The Kier molecular flexibility index (Phi) is 3.68. The number of hydrogen-bond acceptors (Lipinski definition) is 3. The van der Waals surface area contributed by atoms with Crippen LogP contribution in [0.1, 0.15) is 19.4 Å². The highest BCUT2D eigenvalue weighted by atomic mass is 16.2. The minimum atomic E-state index is -0.352. The maximum absolute atomic E-state index is 11.4. The molecule has 1 heterocycles. The predicted molar refractivity (Wildman–Crippen MR) is 51.2 cm³/mol. The summed E-state index contributed by atoms with van der Waals surface area (Å²) in [6.07, 6.45) is 8.49. The standard InChI is InChI=1S/C9H12N4O/c1-3-4-5-11-9(14)8(2)13-7-10-6-12-13/h1,6-8H,4-5H2,2H3,(H,11,14). The zero-order valence-electron chi connectivity index (χ0n) is 7.97. The van der Waals surface area contributed by atoms with Crippen LogP contribution < -0.4 is 5.32 Å². The van der Waals surface area contributed by atoms with Crippen molar-refractivity contribution in [3.05, 3.63) is 12.7 Å². The van der Waals surface area contributed by atoms with Crippen LogP contribution in [0.4, 0.5) is 0 Å². The minimum absolute atomic E-state index is 0.106. The summed E-state index contributed by atoms with van der Waals surface area (Å²) >= 11 is 0. The van der Waals surface area contributed by atoms with E-state index in [0.29, 0.717) is 13.0 Å². The van der Waals surface area contributed by atoms with Crippen LogP contribution in [0.3, 0.4) is 0 Å². The molecule has 0 saturated carbocycles. The molecule has 1 atom stereocenters. The average molecular weight is 192 g/mol. The van der Waals surface area contributed by atoms with E-state index in [9.17, 15) is 4.79 Å². The molecule has 1 unspecified atom stereocenters. The number of rotatable bonds is 4. The summed E-state index contributed by atoms with van der Waals surface area (Å²) in [4.78, 5) is 15.2. The molecule has 1 aromatic heterocycles. The minimum Gasteiger partial charge on any atom is -0.353 e. The van der Waals surface area contributed by atoms with Crippen LogP contribution in [0.25, 0.3) is 0 Å². The van der Waals surface area contributed by atoms with Crippen LogP contribution in [-0.2, 0) is 4.79 Å². The third-order valence-electron chi connectivity index (χ3n) is 1.78. The number of aromatic nitrogens is 3. The molecule has 5 heteroatoms. The number of terminal acetylenes is 1. The fourth-order valence-electron chi connectivity index (χ4n) is 0.943. The second-order valence-corrected chi connectivity index (χ2v) is 2.80. The molecular formula is C9H12N4O. The third-order valence-corrected chi connectivity index (χ3v) is 1.78. The Morgan fingerprint density at radius 1 is 1.79 bits per heavy atom. The van der Waals surface area contributed by atoms with Crippen molar-refractivity contribution in [3.63, 3.8) is 0 Å². The lowest BCUT2D eigenvalue weighted by atomic mass is 10.3. The molecule has 1 aromatic rings. The van der Waals surface area contributed by atoms with Gasteiger partial charge >= 0.3 is 0 Å². The molecule has 0 aliphatic rings. The van der Waals surface area contributed by atoms with Crippen LogP contribution in [0.2, 0.25) is 0 Å². The zero-order chi connectivity index (χ0) is 10.4. The number of carbonyl (C=O) groups is 1. The van der Waals surface area contributed by atoms with Gasteiger partial charge in [0.05, 0.1) is 0 Å². The smallest absolute Gasteiger partial charge is 0.244 e. The van der Waals surface area contributed by atoms with E-state index in [1.54, 1.807) is 6.92 Å². The first-order chi connectivity index (χ1) is 6.75. The van der Waals surface area contributed by atoms with Crippen LogP contribution in [0.5, 0.6) is 0 Å². The van der Waals surface area contributed by atoms with Gasteiger partial charge in [-0.05, 0) is 6.92 Å². The molecule has 0 spiro atoms. The summed E-state index contributed by atoms with van der Waals surface area (Å²) < 4.78 is 1.49. The zero-order valence-corrected chi connectivity index (χ0v) is 7.97. The topological polar surface area (TPSA) is 59.8 Å². The van der Waals surface area contributed by atoms with Crippen molar-refractivity contribution in [2.45, 2.75) is 19.4 Å². The Morgan fingerprint density at radius 2 is 2.57 bits per heavy atom. The van der Waals surface area contributed by atoms with Gasteiger partial charge in [0.25, 0.3) is 0 Å². The normalized spacial score (nSPS) is 11.7. The monoisotopic (exact) mass is 192 g/mol. The molecular weight excluding hydrogens is 180 g/mol. The van der Waals surface area contributed by atoms with Gasteiger partial charge < -0.3 is 5.32 Å². The van der Waals surface area contributed by atoms with E-state index in [0.717, 1.165) is 0 Å². The molecule has 1 N–H and O–H groups in total. The first-order valence-corrected chi connectivity index (χ1v) is 4.31.